The van der Waals surface area contributed by atoms with Gasteiger partial charge in [0.2, 0.25) is 0 Å². The zero-order valence-electron chi connectivity index (χ0n) is 11.9. The van der Waals surface area contributed by atoms with Crippen molar-refractivity contribution in [2.45, 2.75) is 19.3 Å². The molecule has 0 atom stereocenters. The second-order valence-corrected chi connectivity index (χ2v) is 5.72. The molecular formula is C15H18N4O2. The van der Waals surface area contributed by atoms with Gasteiger partial charge in [-0.3, -0.25) is 4.79 Å². The van der Waals surface area contributed by atoms with Crippen LogP contribution in [-0.2, 0) is 16.0 Å². The molecule has 0 radical (unpaired) electrons. The molecule has 0 bridgehead atoms. The first kappa shape index (κ1) is 12.8. The van der Waals surface area contributed by atoms with E-state index in [1.807, 2.05) is 16.6 Å². The second-order valence-electron chi connectivity index (χ2n) is 5.72. The minimum atomic E-state index is 0.278. The summed E-state index contributed by atoms with van der Waals surface area (Å²) in [6, 6.07) is 3.89. The van der Waals surface area contributed by atoms with E-state index in [-0.39, 0.29) is 5.92 Å². The molecule has 21 heavy (non-hydrogen) atoms. The third kappa shape index (κ3) is 2.51. The van der Waals surface area contributed by atoms with E-state index >= 15 is 0 Å². The van der Waals surface area contributed by atoms with Gasteiger partial charge in [-0.2, -0.15) is 9.61 Å². The SMILES string of the molecule is O=C(Cc1cc(N2CCOCC2)n2nccc2n1)C1CC1. The number of ether oxygens (including phenoxy) is 1. The van der Waals surface area contributed by atoms with E-state index < -0.39 is 0 Å². The van der Waals surface area contributed by atoms with Crippen LogP contribution >= 0.6 is 0 Å². The third-order valence-corrected chi connectivity index (χ3v) is 4.12. The normalized spacial score (nSPS) is 19.1. The van der Waals surface area contributed by atoms with Crippen LogP contribution in [0.5, 0.6) is 0 Å². The van der Waals surface area contributed by atoms with Crippen molar-refractivity contribution in [3.05, 3.63) is 24.0 Å². The van der Waals surface area contributed by atoms with Crippen LogP contribution in [0.2, 0.25) is 0 Å². The molecule has 2 aromatic rings. The molecule has 0 spiro atoms. The van der Waals surface area contributed by atoms with Crippen LogP contribution < -0.4 is 4.90 Å². The molecule has 2 aliphatic rings. The highest BCUT2D eigenvalue weighted by Gasteiger charge is 2.29. The van der Waals surface area contributed by atoms with E-state index in [0.717, 1.165) is 56.3 Å². The fraction of sp³-hybridized carbons (Fsp3) is 0.533. The summed E-state index contributed by atoms with van der Waals surface area (Å²) in [5, 5.41) is 4.35. The molecule has 1 aliphatic heterocycles. The summed E-state index contributed by atoms with van der Waals surface area (Å²) in [6.45, 7) is 3.13. The lowest BCUT2D eigenvalue weighted by Crippen LogP contribution is -2.37. The largest absolute Gasteiger partial charge is 0.378 e. The van der Waals surface area contributed by atoms with Gasteiger partial charge in [0.25, 0.3) is 0 Å². The molecule has 2 aromatic heterocycles. The fourth-order valence-corrected chi connectivity index (χ4v) is 2.78. The van der Waals surface area contributed by atoms with Crippen molar-refractivity contribution < 1.29 is 9.53 Å². The first-order valence-corrected chi connectivity index (χ1v) is 7.50. The molecule has 1 saturated carbocycles. The molecule has 6 nitrogen and oxygen atoms in total. The first-order chi connectivity index (χ1) is 10.3. The minimum Gasteiger partial charge on any atom is -0.378 e. The topological polar surface area (TPSA) is 59.7 Å². The smallest absolute Gasteiger partial charge is 0.157 e. The Morgan fingerprint density at radius 2 is 2.14 bits per heavy atom. The van der Waals surface area contributed by atoms with Crippen molar-refractivity contribution in [2.24, 2.45) is 5.92 Å². The summed E-state index contributed by atoms with van der Waals surface area (Å²) in [5.41, 5.74) is 1.65. The Morgan fingerprint density at radius 3 is 2.90 bits per heavy atom. The maximum Gasteiger partial charge on any atom is 0.157 e. The lowest BCUT2D eigenvalue weighted by atomic mass is 10.1. The molecule has 0 aromatic carbocycles. The molecular weight excluding hydrogens is 268 g/mol. The van der Waals surface area contributed by atoms with Gasteiger partial charge in [0.05, 0.1) is 25.1 Å². The standard InChI is InChI=1S/C15H18N4O2/c20-13(11-1-2-11)9-12-10-15(18-5-7-21-8-6-18)19-14(17-12)3-4-16-19/h3-4,10-11H,1-2,5-9H2. The van der Waals surface area contributed by atoms with Crippen LogP contribution in [0.15, 0.2) is 18.3 Å². The summed E-state index contributed by atoms with van der Waals surface area (Å²) in [6.07, 6.45) is 4.27. The number of hydrogen-bond acceptors (Lipinski definition) is 5. The van der Waals surface area contributed by atoms with Crippen molar-refractivity contribution in [3.8, 4) is 0 Å². The van der Waals surface area contributed by atoms with Crippen LogP contribution in [-0.4, -0.2) is 46.7 Å². The number of rotatable bonds is 4. The van der Waals surface area contributed by atoms with Gasteiger partial charge in [0.1, 0.15) is 11.6 Å². The van der Waals surface area contributed by atoms with Crippen LogP contribution in [0.1, 0.15) is 18.5 Å². The average molecular weight is 286 g/mol. The van der Waals surface area contributed by atoms with Gasteiger partial charge in [-0.1, -0.05) is 0 Å². The lowest BCUT2D eigenvalue weighted by molar-refractivity contribution is -0.119. The van der Waals surface area contributed by atoms with Crippen molar-refractivity contribution in [3.63, 3.8) is 0 Å². The van der Waals surface area contributed by atoms with Crippen molar-refractivity contribution >= 4 is 17.2 Å². The van der Waals surface area contributed by atoms with Crippen LogP contribution in [0.25, 0.3) is 5.65 Å². The van der Waals surface area contributed by atoms with E-state index in [1.54, 1.807) is 6.20 Å². The Labute approximate surface area is 122 Å². The van der Waals surface area contributed by atoms with Gasteiger partial charge >= 0.3 is 0 Å². The van der Waals surface area contributed by atoms with Gasteiger partial charge in [0, 0.05) is 37.6 Å². The number of Topliss-reactive ketones (excluding diaryl/α,β-unsaturated/α-hetero) is 1. The van der Waals surface area contributed by atoms with Crippen molar-refractivity contribution in [1.29, 1.82) is 0 Å². The van der Waals surface area contributed by atoms with E-state index in [2.05, 4.69) is 15.0 Å². The van der Waals surface area contributed by atoms with Gasteiger partial charge in [-0.25, -0.2) is 4.98 Å². The quantitative estimate of drug-likeness (QED) is 0.842. The molecule has 2 fully saturated rings. The number of morpholine rings is 1. The Balaban J connectivity index is 1.69. The highest BCUT2D eigenvalue weighted by atomic mass is 16.5. The average Bonchev–Trinajstić information content (AvgIpc) is 3.26. The predicted molar refractivity (Wildman–Crippen MR) is 77.5 cm³/mol. The van der Waals surface area contributed by atoms with E-state index in [9.17, 15) is 4.79 Å². The monoisotopic (exact) mass is 286 g/mol. The summed E-state index contributed by atoms with van der Waals surface area (Å²) in [5.74, 6) is 1.60. The molecule has 0 N–H and O–H groups in total. The van der Waals surface area contributed by atoms with E-state index in [1.165, 1.54) is 0 Å². The van der Waals surface area contributed by atoms with E-state index in [0.29, 0.717) is 12.2 Å². The van der Waals surface area contributed by atoms with Crippen molar-refractivity contribution in [1.82, 2.24) is 14.6 Å². The Bertz CT molecular complexity index is 671. The van der Waals surface area contributed by atoms with Crippen LogP contribution in [0.3, 0.4) is 0 Å². The molecule has 3 heterocycles. The van der Waals surface area contributed by atoms with Crippen molar-refractivity contribution in [2.75, 3.05) is 31.2 Å². The summed E-state index contributed by atoms with van der Waals surface area (Å²) >= 11 is 0. The van der Waals surface area contributed by atoms with Gasteiger partial charge in [-0.05, 0) is 12.8 Å². The number of nitrogens with zero attached hydrogens (tertiary/aromatic N) is 4. The highest BCUT2D eigenvalue weighted by molar-refractivity contribution is 5.85. The maximum absolute atomic E-state index is 12.0. The molecule has 6 heteroatoms. The Morgan fingerprint density at radius 1 is 1.33 bits per heavy atom. The Kier molecular flexibility index (Phi) is 3.11. The number of anilines is 1. The molecule has 0 amide bonds. The molecule has 0 unspecified atom stereocenters. The maximum atomic E-state index is 12.0. The third-order valence-electron chi connectivity index (χ3n) is 4.12. The molecule has 1 aliphatic carbocycles. The molecule has 4 rings (SSSR count). The number of carbonyl (C=O) groups is 1. The second kappa shape index (κ2) is 5.11. The number of aromatic nitrogens is 3. The summed E-state index contributed by atoms with van der Waals surface area (Å²) < 4.78 is 7.25. The van der Waals surface area contributed by atoms with Crippen LogP contribution in [0.4, 0.5) is 5.82 Å². The zero-order valence-corrected chi connectivity index (χ0v) is 11.9. The summed E-state index contributed by atoms with van der Waals surface area (Å²) in [7, 11) is 0. The number of fused-ring (bicyclic) bond motifs is 1. The lowest BCUT2D eigenvalue weighted by Gasteiger charge is -2.29. The highest BCUT2D eigenvalue weighted by Crippen LogP contribution is 2.31. The fourth-order valence-electron chi connectivity index (χ4n) is 2.78. The minimum absolute atomic E-state index is 0.278. The van der Waals surface area contributed by atoms with Gasteiger partial charge in [-0.15, -0.1) is 0 Å². The Hall–Kier alpha value is -1.95. The van der Waals surface area contributed by atoms with Gasteiger partial charge < -0.3 is 9.64 Å². The molecule has 1 saturated heterocycles. The van der Waals surface area contributed by atoms with E-state index in [4.69, 9.17) is 4.74 Å². The number of carbonyl (C=O) groups excluding carboxylic acids is 1. The predicted octanol–water partition coefficient (Wildman–Crippen LogP) is 1.09. The number of hydrogen-bond donors (Lipinski definition) is 0. The summed E-state index contributed by atoms with van der Waals surface area (Å²) in [4.78, 5) is 18.8. The first-order valence-electron chi connectivity index (χ1n) is 7.50. The van der Waals surface area contributed by atoms with Gasteiger partial charge in [0.15, 0.2) is 5.65 Å². The zero-order chi connectivity index (χ0) is 14.2. The number of ketones is 1. The molecule has 110 valence electrons. The van der Waals surface area contributed by atoms with Crippen LogP contribution in [0, 0.1) is 5.92 Å².